The Morgan fingerprint density at radius 2 is 1.79 bits per heavy atom. The number of nitrogens with one attached hydrogen (secondary N) is 2. The van der Waals surface area contributed by atoms with Crippen LogP contribution in [0.1, 0.15) is 16.7 Å². The normalized spacial score (nSPS) is 13.3. The number of aliphatic hydroxyl groups excluding tert-OH is 1. The number of rotatable bonds is 9. The van der Waals surface area contributed by atoms with Crippen molar-refractivity contribution in [1.82, 2.24) is 5.32 Å². The summed E-state index contributed by atoms with van der Waals surface area (Å²) >= 11 is 0. The quantitative estimate of drug-likeness (QED) is 0.110. The van der Waals surface area contributed by atoms with Gasteiger partial charge in [-0.05, 0) is 70.6 Å². The van der Waals surface area contributed by atoms with Gasteiger partial charge in [-0.2, -0.15) is 0 Å². The number of aromatic hydroxyl groups is 1. The molecule has 6 N–H and O–H groups in total. The molecule has 1 aliphatic rings. The maximum absolute atomic E-state index is 11.4. The van der Waals surface area contributed by atoms with E-state index in [1.54, 1.807) is 6.07 Å². The summed E-state index contributed by atoms with van der Waals surface area (Å²) < 4.78 is 30.9. The highest BCUT2D eigenvalue weighted by Gasteiger charge is 2.19. The highest BCUT2D eigenvalue weighted by atomic mass is 32.2. The average Bonchev–Trinajstić information content (AvgIpc) is 3.09. The lowest BCUT2D eigenvalue weighted by Gasteiger charge is -2.15. The average molecular weight is 470 g/mol. The molecule has 0 amide bonds. The standard InChI is InChI=1S/C24H27N3O5S/c1-33(30,31)27-22-10-15(2-7-23(22)28)11-24(29)26-8-9-32-19-4-6-21-17(14-19)12-16-13-18(25)3-5-20(16)21/h2-7,10,13-14,24,26-29H,8-9,11-12,25H2,1H3. The van der Waals surface area contributed by atoms with Gasteiger partial charge in [-0.15, -0.1) is 0 Å². The predicted molar refractivity (Wildman–Crippen MR) is 129 cm³/mol. The first kappa shape index (κ1) is 22.9. The molecule has 0 aromatic heterocycles. The van der Waals surface area contributed by atoms with Gasteiger partial charge in [-0.25, -0.2) is 8.42 Å². The summed E-state index contributed by atoms with van der Waals surface area (Å²) in [6, 6.07) is 16.5. The van der Waals surface area contributed by atoms with E-state index in [1.165, 1.54) is 34.4 Å². The number of ether oxygens (including phenoxy) is 1. The van der Waals surface area contributed by atoms with Gasteiger partial charge < -0.3 is 20.7 Å². The van der Waals surface area contributed by atoms with Crippen LogP contribution in [0.25, 0.3) is 11.1 Å². The van der Waals surface area contributed by atoms with Crippen molar-refractivity contribution in [1.29, 1.82) is 0 Å². The molecule has 0 radical (unpaired) electrons. The van der Waals surface area contributed by atoms with E-state index >= 15 is 0 Å². The van der Waals surface area contributed by atoms with Gasteiger partial charge in [0.05, 0.1) is 11.9 Å². The van der Waals surface area contributed by atoms with E-state index in [9.17, 15) is 18.6 Å². The SMILES string of the molecule is CS(=O)(=O)Nc1cc(CC(O)NCCOc2ccc3c(c2)Cc2cc(N)ccc2-3)ccc1O. The van der Waals surface area contributed by atoms with Crippen molar-refractivity contribution in [3.63, 3.8) is 0 Å². The van der Waals surface area contributed by atoms with Crippen molar-refractivity contribution in [2.75, 3.05) is 29.9 Å². The maximum Gasteiger partial charge on any atom is 0.229 e. The molecule has 174 valence electrons. The smallest absolute Gasteiger partial charge is 0.229 e. The van der Waals surface area contributed by atoms with Gasteiger partial charge in [0, 0.05) is 18.7 Å². The van der Waals surface area contributed by atoms with Crippen LogP contribution in [0.4, 0.5) is 11.4 Å². The van der Waals surface area contributed by atoms with E-state index < -0.39 is 16.3 Å². The lowest BCUT2D eigenvalue weighted by Crippen LogP contribution is -2.34. The van der Waals surface area contributed by atoms with E-state index in [0.29, 0.717) is 18.7 Å². The third-order valence-corrected chi connectivity index (χ3v) is 6.00. The van der Waals surface area contributed by atoms with Gasteiger partial charge in [0.15, 0.2) is 0 Å². The molecule has 0 fully saturated rings. The van der Waals surface area contributed by atoms with E-state index in [-0.39, 0.29) is 17.9 Å². The Bertz CT molecular complexity index is 1280. The molecular formula is C24H27N3O5S. The number of phenolic OH excluding ortho intramolecular Hbond substituents is 1. The number of hydrogen-bond donors (Lipinski definition) is 5. The maximum atomic E-state index is 11.4. The first-order chi connectivity index (χ1) is 15.7. The van der Waals surface area contributed by atoms with Crippen molar-refractivity contribution in [2.45, 2.75) is 19.1 Å². The molecule has 1 atom stereocenters. The molecule has 3 aromatic carbocycles. The fourth-order valence-corrected chi connectivity index (χ4v) is 4.54. The van der Waals surface area contributed by atoms with Crippen LogP contribution in [0.2, 0.25) is 0 Å². The minimum Gasteiger partial charge on any atom is -0.506 e. The lowest BCUT2D eigenvalue weighted by molar-refractivity contribution is 0.130. The van der Waals surface area contributed by atoms with Gasteiger partial charge in [-0.3, -0.25) is 10.0 Å². The van der Waals surface area contributed by atoms with Crippen LogP contribution >= 0.6 is 0 Å². The van der Waals surface area contributed by atoms with Crippen LogP contribution in [0.5, 0.6) is 11.5 Å². The third-order valence-electron chi connectivity index (χ3n) is 5.41. The van der Waals surface area contributed by atoms with Gasteiger partial charge in [0.1, 0.15) is 24.3 Å². The number of aliphatic hydroxyl groups is 1. The zero-order valence-corrected chi connectivity index (χ0v) is 19.0. The Labute approximate surface area is 193 Å². The predicted octanol–water partition coefficient (Wildman–Crippen LogP) is 2.45. The fourth-order valence-electron chi connectivity index (χ4n) is 3.98. The van der Waals surface area contributed by atoms with Gasteiger partial charge in [0.25, 0.3) is 0 Å². The van der Waals surface area contributed by atoms with E-state index in [0.717, 1.165) is 24.1 Å². The molecule has 0 spiro atoms. The molecule has 1 unspecified atom stereocenters. The summed E-state index contributed by atoms with van der Waals surface area (Å²) in [4.78, 5) is 0. The molecule has 4 rings (SSSR count). The monoisotopic (exact) mass is 469 g/mol. The largest absolute Gasteiger partial charge is 0.506 e. The second-order valence-electron chi connectivity index (χ2n) is 8.16. The number of fused-ring (bicyclic) bond motifs is 3. The van der Waals surface area contributed by atoms with Crippen LogP contribution in [-0.2, 0) is 22.9 Å². The summed E-state index contributed by atoms with van der Waals surface area (Å²) in [5.41, 5.74) is 12.2. The van der Waals surface area contributed by atoms with Crippen LogP contribution in [0, 0.1) is 0 Å². The number of anilines is 2. The molecule has 0 bridgehead atoms. The zero-order valence-electron chi connectivity index (χ0n) is 18.2. The van der Waals surface area contributed by atoms with Gasteiger partial charge in [-0.1, -0.05) is 18.2 Å². The van der Waals surface area contributed by atoms with E-state index in [4.69, 9.17) is 10.5 Å². The highest BCUT2D eigenvalue weighted by molar-refractivity contribution is 7.92. The Morgan fingerprint density at radius 1 is 1.06 bits per heavy atom. The van der Waals surface area contributed by atoms with Gasteiger partial charge >= 0.3 is 0 Å². The summed E-state index contributed by atoms with van der Waals surface area (Å²) in [5.74, 6) is 0.585. The number of nitrogens with two attached hydrogens (primary N) is 1. The van der Waals surface area contributed by atoms with Crippen molar-refractivity contribution in [3.8, 4) is 22.6 Å². The number of sulfonamides is 1. The highest BCUT2D eigenvalue weighted by Crippen LogP contribution is 2.39. The first-order valence-corrected chi connectivity index (χ1v) is 12.4. The minimum absolute atomic E-state index is 0.0759. The number of benzene rings is 3. The Kier molecular flexibility index (Phi) is 6.46. The van der Waals surface area contributed by atoms with Crippen molar-refractivity contribution in [3.05, 3.63) is 71.3 Å². The number of nitrogen functional groups attached to an aromatic ring is 1. The number of hydrogen-bond acceptors (Lipinski definition) is 7. The van der Waals surface area contributed by atoms with Gasteiger partial charge in [0.2, 0.25) is 10.0 Å². The van der Waals surface area contributed by atoms with E-state index in [2.05, 4.69) is 22.2 Å². The second kappa shape index (κ2) is 9.30. The molecule has 3 aromatic rings. The third kappa shape index (κ3) is 5.75. The Hall–Kier alpha value is -3.27. The molecule has 0 saturated carbocycles. The number of phenols is 1. The second-order valence-corrected chi connectivity index (χ2v) is 9.91. The molecule has 8 nitrogen and oxygen atoms in total. The van der Waals surface area contributed by atoms with Crippen molar-refractivity contribution in [2.24, 2.45) is 0 Å². The van der Waals surface area contributed by atoms with Crippen LogP contribution in [-0.4, -0.2) is 44.3 Å². The molecule has 1 aliphatic carbocycles. The molecule has 9 heteroatoms. The lowest BCUT2D eigenvalue weighted by atomic mass is 10.1. The molecule has 0 heterocycles. The van der Waals surface area contributed by atoms with Crippen LogP contribution in [0.3, 0.4) is 0 Å². The van der Waals surface area contributed by atoms with Crippen molar-refractivity contribution < 1.29 is 23.4 Å². The molecule has 33 heavy (non-hydrogen) atoms. The first-order valence-electron chi connectivity index (χ1n) is 10.5. The van der Waals surface area contributed by atoms with Crippen LogP contribution in [0.15, 0.2) is 54.6 Å². The fraction of sp³-hybridized carbons (Fsp3) is 0.250. The molecule has 0 aliphatic heterocycles. The topological polar surface area (TPSA) is 134 Å². The summed E-state index contributed by atoms with van der Waals surface area (Å²) in [5, 5.41) is 23.0. The summed E-state index contributed by atoms with van der Waals surface area (Å²) in [6.07, 6.45) is 1.21. The van der Waals surface area contributed by atoms with Crippen LogP contribution < -0.4 is 20.5 Å². The Morgan fingerprint density at radius 3 is 2.55 bits per heavy atom. The summed E-state index contributed by atoms with van der Waals surface area (Å²) in [6.45, 7) is 0.785. The minimum atomic E-state index is -3.52. The van der Waals surface area contributed by atoms with E-state index in [1.807, 2.05) is 24.3 Å². The van der Waals surface area contributed by atoms with Crippen molar-refractivity contribution >= 4 is 21.4 Å². The molecular weight excluding hydrogens is 442 g/mol. The summed E-state index contributed by atoms with van der Waals surface area (Å²) in [7, 11) is -3.52. The zero-order chi connectivity index (χ0) is 23.6. The molecule has 0 saturated heterocycles. The Balaban J connectivity index is 1.27.